The lowest BCUT2D eigenvalue weighted by atomic mass is 10.2. The van der Waals surface area contributed by atoms with Crippen LogP contribution >= 0.6 is 0 Å². The van der Waals surface area contributed by atoms with Crippen molar-refractivity contribution in [2.75, 3.05) is 5.32 Å². The van der Waals surface area contributed by atoms with Gasteiger partial charge in [0.15, 0.2) is 0 Å². The van der Waals surface area contributed by atoms with Crippen LogP contribution < -0.4 is 5.32 Å². The van der Waals surface area contributed by atoms with Crippen molar-refractivity contribution in [3.05, 3.63) is 67.4 Å². The molecule has 138 valence electrons. The normalized spacial score (nSPS) is 10.6. The Morgan fingerprint density at radius 3 is 2.68 bits per heavy atom. The molecule has 0 atom stereocenters. The minimum atomic E-state index is -0.228. The summed E-state index contributed by atoms with van der Waals surface area (Å²) in [5.74, 6) is 0.227. The summed E-state index contributed by atoms with van der Waals surface area (Å²) in [6.45, 7) is 1.96. The molecule has 0 aliphatic heterocycles. The van der Waals surface area contributed by atoms with Crippen LogP contribution in [0.3, 0.4) is 0 Å². The predicted octanol–water partition coefficient (Wildman–Crippen LogP) is 2.14. The molecular formula is C19H16N8O. The first-order valence-electron chi connectivity index (χ1n) is 8.51. The highest BCUT2D eigenvalue weighted by atomic mass is 16.2. The van der Waals surface area contributed by atoms with Crippen LogP contribution in [0.5, 0.6) is 0 Å². The van der Waals surface area contributed by atoms with Gasteiger partial charge < -0.3 is 5.32 Å². The largest absolute Gasteiger partial charge is 0.309 e. The van der Waals surface area contributed by atoms with Crippen LogP contribution in [0.2, 0.25) is 0 Å². The van der Waals surface area contributed by atoms with Gasteiger partial charge in [-0.3, -0.25) is 19.4 Å². The summed E-state index contributed by atoms with van der Waals surface area (Å²) in [6, 6.07) is 5.42. The summed E-state index contributed by atoms with van der Waals surface area (Å²) < 4.78 is 1.55. The van der Waals surface area contributed by atoms with Gasteiger partial charge in [-0.25, -0.2) is 15.0 Å². The van der Waals surface area contributed by atoms with E-state index in [1.165, 1.54) is 6.33 Å². The maximum Gasteiger partial charge on any atom is 0.247 e. The molecule has 0 saturated heterocycles. The fraction of sp³-hybridized carbons (Fsp3) is 0.105. The highest BCUT2D eigenvalue weighted by Gasteiger charge is 2.09. The SMILES string of the molecule is Cc1cc(-c2cnn(CC(=O)Nc3ccc(-c4cnccn4)cn3)c2)ncn1. The molecule has 0 bridgehead atoms. The van der Waals surface area contributed by atoms with Crippen molar-refractivity contribution in [1.82, 2.24) is 34.7 Å². The number of amides is 1. The number of pyridine rings is 1. The molecule has 9 nitrogen and oxygen atoms in total. The molecule has 1 amide bonds. The van der Waals surface area contributed by atoms with E-state index >= 15 is 0 Å². The number of nitrogens with zero attached hydrogens (tertiary/aromatic N) is 7. The van der Waals surface area contributed by atoms with Crippen molar-refractivity contribution < 1.29 is 4.79 Å². The summed E-state index contributed by atoms with van der Waals surface area (Å²) >= 11 is 0. The number of carbonyl (C=O) groups excluding carboxylic acids is 1. The van der Waals surface area contributed by atoms with Gasteiger partial charge >= 0.3 is 0 Å². The highest BCUT2D eigenvalue weighted by Crippen LogP contribution is 2.17. The summed E-state index contributed by atoms with van der Waals surface area (Å²) in [5, 5.41) is 6.97. The van der Waals surface area contributed by atoms with E-state index in [0.717, 1.165) is 28.2 Å². The number of rotatable bonds is 5. The fourth-order valence-corrected chi connectivity index (χ4v) is 2.59. The summed E-state index contributed by atoms with van der Waals surface area (Å²) in [4.78, 5) is 33.1. The second-order valence-corrected chi connectivity index (χ2v) is 6.04. The molecule has 0 spiro atoms. The van der Waals surface area contributed by atoms with Crippen molar-refractivity contribution in [3.8, 4) is 22.5 Å². The zero-order chi connectivity index (χ0) is 19.3. The molecule has 4 rings (SSSR count). The maximum absolute atomic E-state index is 12.3. The highest BCUT2D eigenvalue weighted by molar-refractivity contribution is 5.89. The molecule has 0 saturated carbocycles. The van der Waals surface area contributed by atoms with Gasteiger partial charge in [0.2, 0.25) is 5.91 Å². The minimum absolute atomic E-state index is 0.0671. The zero-order valence-corrected chi connectivity index (χ0v) is 15.0. The average Bonchev–Trinajstić information content (AvgIpc) is 3.17. The van der Waals surface area contributed by atoms with Crippen LogP contribution in [0, 0.1) is 6.92 Å². The number of aryl methyl sites for hydroxylation is 1. The molecule has 0 aliphatic carbocycles. The third-order valence-electron chi connectivity index (χ3n) is 3.93. The fourth-order valence-electron chi connectivity index (χ4n) is 2.59. The number of hydrogen-bond acceptors (Lipinski definition) is 7. The van der Waals surface area contributed by atoms with Gasteiger partial charge in [-0.2, -0.15) is 5.10 Å². The van der Waals surface area contributed by atoms with E-state index in [2.05, 4.69) is 35.3 Å². The number of anilines is 1. The number of hydrogen-bond donors (Lipinski definition) is 1. The Kier molecular flexibility index (Phi) is 4.79. The van der Waals surface area contributed by atoms with Crippen LogP contribution in [0.15, 0.2) is 61.7 Å². The van der Waals surface area contributed by atoms with Crippen LogP contribution in [0.1, 0.15) is 5.69 Å². The van der Waals surface area contributed by atoms with Crippen molar-refractivity contribution in [1.29, 1.82) is 0 Å². The lowest BCUT2D eigenvalue weighted by Crippen LogP contribution is -2.19. The summed E-state index contributed by atoms with van der Waals surface area (Å²) in [5.41, 5.74) is 4.00. The Bertz CT molecular complexity index is 1090. The van der Waals surface area contributed by atoms with Gasteiger partial charge in [-0.05, 0) is 25.1 Å². The van der Waals surface area contributed by atoms with Gasteiger partial charge in [0.05, 0.1) is 23.8 Å². The molecule has 4 aromatic heterocycles. The van der Waals surface area contributed by atoms with Crippen molar-refractivity contribution in [3.63, 3.8) is 0 Å². The van der Waals surface area contributed by atoms with Crippen LogP contribution in [-0.4, -0.2) is 40.6 Å². The third-order valence-corrected chi connectivity index (χ3v) is 3.93. The Morgan fingerprint density at radius 2 is 1.93 bits per heavy atom. The van der Waals surface area contributed by atoms with E-state index in [9.17, 15) is 4.79 Å². The van der Waals surface area contributed by atoms with Gasteiger partial charge in [-0.1, -0.05) is 0 Å². The molecule has 0 aromatic carbocycles. The van der Waals surface area contributed by atoms with E-state index in [0.29, 0.717) is 5.82 Å². The third kappa shape index (κ3) is 4.04. The first-order chi connectivity index (χ1) is 13.7. The second kappa shape index (κ2) is 7.70. The Hall–Kier alpha value is -4.01. The van der Waals surface area contributed by atoms with E-state index < -0.39 is 0 Å². The van der Waals surface area contributed by atoms with E-state index in [1.807, 2.05) is 19.1 Å². The summed E-state index contributed by atoms with van der Waals surface area (Å²) in [6.07, 6.45) is 11.5. The maximum atomic E-state index is 12.3. The standard InChI is InChI=1S/C19H16N8O/c1-13-6-16(24-12-23-13)15-8-25-27(10-15)11-19(28)26-18-3-2-14(7-22-18)17-9-20-4-5-21-17/h2-10,12H,11H2,1H3,(H,22,26,28). The van der Waals surface area contributed by atoms with E-state index in [4.69, 9.17) is 0 Å². The number of carbonyl (C=O) groups is 1. The van der Waals surface area contributed by atoms with Crippen molar-refractivity contribution in [2.45, 2.75) is 13.5 Å². The lowest BCUT2D eigenvalue weighted by Gasteiger charge is -2.05. The monoisotopic (exact) mass is 372 g/mol. The zero-order valence-electron chi connectivity index (χ0n) is 15.0. The van der Waals surface area contributed by atoms with Crippen LogP contribution in [0.4, 0.5) is 5.82 Å². The Labute approximate surface area is 160 Å². The molecule has 0 fully saturated rings. The van der Waals surface area contributed by atoms with Gasteiger partial charge in [0.25, 0.3) is 0 Å². The van der Waals surface area contributed by atoms with Crippen molar-refractivity contribution in [2.24, 2.45) is 0 Å². The van der Waals surface area contributed by atoms with Crippen LogP contribution in [-0.2, 0) is 11.3 Å². The Balaban J connectivity index is 1.39. The van der Waals surface area contributed by atoms with Crippen molar-refractivity contribution >= 4 is 11.7 Å². The number of aromatic nitrogens is 7. The first-order valence-corrected chi connectivity index (χ1v) is 8.51. The van der Waals surface area contributed by atoms with Crippen LogP contribution in [0.25, 0.3) is 22.5 Å². The smallest absolute Gasteiger partial charge is 0.247 e. The lowest BCUT2D eigenvalue weighted by molar-refractivity contribution is -0.116. The minimum Gasteiger partial charge on any atom is -0.309 e. The summed E-state index contributed by atoms with van der Waals surface area (Å²) in [7, 11) is 0. The van der Waals surface area contributed by atoms with Gasteiger partial charge in [0, 0.05) is 41.6 Å². The number of nitrogens with one attached hydrogen (secondary N) is 1. The Morgan fingerprint density at radius 1 is 1.00 bits per heavy atom. The average molecular weight is 372 g/mol. The molecule has 1 N–H and O–H groups in total. The molecule has 4 heterocycles. The molecular weight excluding hydrogens is 356 g/mol. The van der Waals surface area contributed by atoms with E-state index in [-0.39, 0.29) is 12.5 Å². The molecule has 4 aromatic rings. The topological polar surface area (TPSA) is 111 Å². The predicted molar refractivity (Wildman–Crippen MR) is 102 cm³/mol. The van der Waals surface area contributed by atoms with Gasteiger partial charge in [-0.15, -0.1) is 0 Å². The second-order valence-electron chi connectivity index (χ2n) is 6.04. The first kappa shape index (κ1) is 17.4. The molecule has 0 aliphatic rings. The van der Waals surface area contributed by atoms with Gasteiger partial charge in [0.1, 0.15) is 18.7 Å². The molecule has 0 radical (unpaired) electrons. The van der Waals surface area contributed by atoms with E-state index in [1.54, 1.807) is 47.9 Å². The molecule has 28 heavy (non-hydrogen) atoms. The molecule has 9 heteroatoms. The molecule has 0 unspecified atom stereocenters. The quantitative estimate of drug-likeness (QED) is 0.571.